The summed E-state index contributed by atoms with van der Waals surface area (Å²) in [5.74, 6) is -1.51. The van der Waals surface area contributed by atoms with E-state index in [9.17, 15) is 14.0 Å². The molecule has 0 aliphatic carbocycles. The quantitative estimate of drug-likeness (QED) is 0.851. The first-order valence-corrected chi connectivity index (χ1v) is 6.07. The van der Waals surface area contributed by atoms with E-state index in [0.717, 1.165) is 0 Å². The molecule has 1 aromatic rings. The molecule has 1 fully saturated rings. The van der Waals surface area contributed by atoms with Crippen LogP contribution in [0.4, 0.5) is 4.39 Å². The van der Waals surface area contributed by atoms with Crippen LogP contribution in [0.15, 0.2) is 18.2 Å². The lowest BCUT2D eigenvalue weighted by Crippen LogP contribution is -2.28. The van der Waals surface area contributed by atoms with Gasteiger partial charge in [0.25, 0.3) is 0 Å². The van der Waals surface area contributed by atoms with Crippen LogP contribution in [0, 0.1) is 5.82 Å². The predicted octanol–water partition coefficient (Wildman–Crippen LogP) is 0.846. The number of carbonyl (C=O) groups excluding carboxylic acids is 1. The summed E-state index contributed by atoms with van der Waals surface area (Å²) in [5.41, 5.74) is 0.412. The summed E-state index contributed by atoms with van der Waals surface area (Å²) >= 11 is 0. The maximum Gasteiger partial charge on any atom is 0.335 e. The number of carbonyl (C=O) groups is 2. The Bertz CT molecular complexity index is 505. The van der Waals surface area contributed by atoms with Crippen molar-refractivity contribution < 1.29 is 19.1 Å². The number of hydrogen-bond acceptors (Lipinski definition) is 3. The third-order valence-electron chi connectivity index (χ3n) is 3.09. The number of carboxylic acid groups (broad SMARTS) is 1. The summed E-state index contributed by atoms with van der Waals surface area (Å²) in [6.45, 7) is 2.01. The SMILES string of the molecule is O=C1CCN(Cc2cc(C(=O)O)ccc2F)CCN1. The zero-order chi connectivity index (χ0) is 13.8. The van der Waals surface area contributed by atoms with Crippen molar-refractivity contribution in [1.82, 2.24) is 10.2 Å². The predicted molar refractivity (Wildman–Crippen MR) is 66.3 cm³/mol. The highest BCUT2D eigenvalue weighted by molar-refractivity contribution is 5.87. The molecule has 0 unspecified atom stereocenters. The minimum atomic E-state index is -1.08. The molecule has 0 radical (unpaired) electrons. The molecule has 1 aliphatic rings. The van der Waals surface area contributed by atoms with Crippen LogP contribution < -0.4 is 5.32 Å². The van der Waals surface area contributed by atoms with Gasteiger partial charge in [0.1, 0.15) is 5.82 Å². The van der Waals surface area contributed by atoms with Gasteiger partial charge in [0.05, 0.1) is 5.56 Å². The Morgan fingerprint density at radius 1 is 1.42 bits per heavy atom. The second-order valence-corrected chi connectivity index (χ2v) is 4.49. The highest BCUT2D eigenvalue weighted by atomic mass is 19.1. The lowest BCUT2D eigenvalue weighted by atomic mass is 10.1. The summed E-state index contributed by atoms with van der Waals surface area (Å²) in [6, 6.07) is 3.76. The number of carboxylic acids is 1. The fraction of sp³-hybridized carbons (Fsp3) is 0.385. The van der Waals surface area contributed by atoms with Crippen molar-refractivity contribution in [2.75, 3.05) is 19.6 Å². The molecule has 0 atom stereocenters. The topological polar surface area (TPSA) is 69.6 Å². The Kier molecular flexibility index (Phi) is 4.11. The number of aromatic carboxylic acids is 1. The lowest BCUT2D eigenvalue weighted by Gasteiger charge is -2.19. The molecule has 6 heteroatoms. The van der Waals surface area contributed by atoms with Gasteiger partial charge in [0.2, 0.25) is 5.91 Å². The Labute approximate surface area is 110 Å². The molecule has 2 N–H and O–H groups in total. The van der Waals surface area contributed by atoms with E-state index in [1.54, 1.807) is 0 Å². The van der Waals surface area contributed by atoms with Gasteiger partial charge in [0.15, 0.2) is 0 Å². The number of benzene rings is 1. The third kappa shape index (κ3) is 3.51. The van der Waals surface area contributed by atoms with Gasteiger partial charge >= 0.3 is 5.97 Å². The summed E-state index contributed by atoms with van der Waals surface area (Å²) in [7, 11) is 0. The maximum absolute atomic E-state index is 13.7. The second kappa shape index (κ2) is 5.79. The molecule has 5 nitrogen and oxygen atoms in total. The largest absolute Gasteiger partial charge is 0.478 e. The minimum absolute atomic E-state index is 0.0118. The normalized spacial score (nSPS) is 16.8. The Hall–Kier alpha value is -1.95. The molecular weight excluding hydrogens is 251 g/mol. The highest BCUT2D eigenvalue weighted by Gasteiger charge is 2.16. The van der Waals surface area contributed by atoms with E-state index in [-0.39, 0.29) is 11.5 Å². The fourth-order valence-corrected chi connectivity index (χ4v) is 2.04. The van der Waals surface area contributed by atoms with Gasteiger partial charge in [-0.05, 0) is 18.2 Å². The Morgan fingerprint density at radius 3 is 2.95 bits per heavy atom. The van der Waals surface area contributed by atoms with Gasteiger partial charge in [-0.3, -0.25) is 9.69 Å². The summed E-state index contributed by atoms with van der Waals surface area (Å²) in [5, 5.41) is 11.6. The molecule has 0 bridgehead atoms. The van der Waals surface area contributed by atoms with Crippen molar-refractivity contribution >= 4 is 11.9 Å². The molecule has 102 valence electrons. The summed E-state index contributed by atoms with van der Waals surface area (Å²) < 4.78 is 13.7. The van der Waals surface area contributed by atoms with Crippen molar-refractivity contribution in [3.8, 4) is 0 Å². The first-order chi connectivity index (χ1) is 9.06. The average Bonchev–Trinajstić information content (AvgIpc) is 2.57. The Balaban J connectivity index is 2.11. The van der Waals surface area contributed by atoms with E-state index >= 15 is 0 Å². The first kappa shape index (κ1) is 13.5. The standard InChI is InChI=1S/C13H15FN2O3/c14-11-2-1-9(13(18)19)7-10(11)8-16-5-3-12(17)15-4-6-16/h1-2,7H,3-6,8H2,(H,15,17)(H,18,19). The number of nitrogens with one attached hydrogen (secondary N) is 1. The summed E-state index contributed by atoms with van der Waals surface area (Å²) in [6.07, 6.45) is 0.375. The van der Waals surface area contributed by atoms with Crippen LogP contribution in [-0.4, -0.2) is 41.5 Å². The van der Waals surface area contributed by atoms with Gasteiger partial charge in [-0.2, -0.15) is 0 Å². The van der Waals surface area contributed by atoms with Gasteiger partial charge in [0, 0.05) is 38.2 Å². The van der Waals surface area contributed by atoms with E-state index < -0.39 is 11.8 Å². The van der Waals surface area contributed by atoms with Gasteiger partial charge < -0.3 is 10.4 Å². The van der Waals surface area contributed by atoms with Crippen LogP contribution in [-0.2, 0) is 11.3 Å². The van der Waals surface area contributed by atoms with Crippen molar-refractivity contribution in [1.29, 1.82) is 0 Å². The monoisotopic (exact) mass is 266 g/mol. The van der Waals surface area contributed by atoms with E-state index in [2.05, 4.69) is 5.32 Å². The highest BCUT2D eigenvalue weighted by Crippen LogP contribution is 2.14. The van der Waals surface area contributed by atoms with Crippen molar-refractivity contribution in [3.63, 3.8) is 0 Å². The second-order valence-electron chi connectivity index (χ2n) is 4.49. The van der Waals surface area contributed by atoms with Crippen LogP contribution in [0.1, 0.15) is 22.3 Å². The smallest absolute Gasteiger partial charge is 0.335 e. The van der Waals surface area contributed by atoms with Crippen LogP contribution in [0.3, 0.4) is 0 Å². The third-order valence-corrected chi connectivity index (χ3v) is 3.09. The molecule has 19 heavy (non-hydrogen) atoms. The molecule has 1 aromatic carbocycles. The molecule has 2 rings (SSSR count). The van der Waals surface area contributed by atoms with Gasteiger partial charge in [-0.25, -0.2) is 9.18 Å². The molecular formula is C13H15FN2O3. The van der Waals surface area contributed by atoms with Crippen LogP contribution in [0.2, 0.25) is 0 Å². The molecule has 1 aliphatic heterocycles. The molecule has 1 heterocycles. The molecule has 0 spiro atoms. The lowest BCUT2D eigenvalue weighted by molar-refractivity contribution is -0.120. The average molecular weight is 266 g/mol. The zero-order valence-corrected chi connectivity index (χ0v) is 10.4. The zero-order valence-electron chi connectivity index (χ0n) is 10.4. The first-order valence-electron chi connectivity index (χ1n) is 6.07. The molecule has 1 saturated heterocycles. The van der Waals surface area contributed by atoms with Crippen molar-refractivity contribution in [3.05, 3.63) is 35.1 Å². The number of amides is 1. The number of hydrogen-bond donors (Lipinski definition) is 2. The molecule has 0 saturated carbocycles. The fourth-order valence-electron chi connectivity index (χ4n) is 2.04. The minimum Gasteiger partial charge on any atom is -0.478 e. The van der Waals surface area contributed by atoms with E-state index in [1.165, 1.54) is 18.2 Å². The maximum atomic E-state index is 13.7. The van der Waals surface area contributed by atoms with Crippen molar-refractivity contribution in [2.45, 2.75) is 13.0 Å². The van der Waals surface area contributed by atoms with Gasteiger partial charge in [-0.1, -0.05) is 0 Å². The number of rotatable bonds is 3. The molecule has 0 aromatic heterocycles. The molecule has 1 amide bonds. The van der Waals surface area contributed by atoms with Gasteiger partial charge in [-0.15, -0.1) is 0 Å². The van der Waals surface area contributed by atoms with E-state index in [4.69, 9.17) is 5.11 Å². The van der Waals surface area contributed by atoms with Crippen LogP contribution >= 0.6 is 0 Å². The van der Waals surface area contributed by atoms with E-state index in [0.29, 0.717) is 38.2 Å². The van der Waals surface area contributed by atoms with Crippen LogP contribution in [0.5, 0.6) is 0 Å². The summed E-state index contributed by atoms with van der Waals surface area (Å²) in [4.78, 5) is 24.0. The number of nitrogens with zero attached hydrogens (tertiary/aromatic N) is 1. The Morgan fingerprint density at radius 2 is 2.21 bits per heavy atom. The number of halogens is 1. The van der Waals surface area contributed by atoms with E-state index in [1.807, 2.05) is 4.90 Å². The van der Waals surface area contributed by atoms with Crippen LogP contribution in [0.25, 0.3) is 0 Å². The van der Waals surface area contributed by atoms with Crippen molar-refractivity contribution in [2.24, 2.45) is 0 Å².